The topological polar surface area (TPSA) is 88.4 Å². The summed E-state index contributed by atoms with van der Waals surface area (Å²) < 4.78 is 0. The molecular formula is C24H37N7O. The van der Waals surface area contributed by atoms with Gasteiger partial charge in [-0.3, -0.25) is 9.69 Å². The highest BCUT2D eigenvalue weighted by Crippen LogP contribution is 2.40. The van der Waals surface area contributed by atoms with Gasteiger partial charge in [0, 0.05) is 26.2 Å². The molecule has 1 aromatic heterocycles. The first-order chi connectivity index (χ1) is 15.4. The Hall–Kier alpha value is -2.40. The molecule has 1 amide bonds. The molecule has 32 heavy (non-hydrogen) atoms. The zero-order valence-corrected chi connectivity index (χ0v) is 19.8. The van der Waals surface area contributed by atoms with Gasteiger partial charge in [-0.25, -0.2) is 4.98 Å². The van der Waals surface area contributed by atoms with Gasteiger partial charge in [0.25, 0.3) is 0 Å². The van der Waals surface area contributed by atoms with Gasteiger partial charge < -0.3 is 15.1 Å². The summed E-state index contributed by atoms with van der Waals surface area (Å²) in [5, 5.41) is 12.3. The van der Waals surface area contributed by atoms with Crippen molar-refractivity contribution in [3.8, 4) is 6.07 Å². The monoisotopic (exact) mass is 439 g/mol. The van der Waals surface area contributed by atoms with Crippen LogP contribution in [0.3, 0.4) is 0 Å². The lowest BCUT2D eigenvalue weighted by molar-refractivity contribution is -0.125. The molecule has 4 rings (SSSR count). The summed E-state index contributed by atoms with van der Waals surface area (Å²) in [6, 6.07) is 2.69. The minimum Gasteiger partial charge on any atom is -0.354 e. The van der Waals surface area contributed by atoms with E-state index in [1.165, 1.54) is 12.8 Å². The van der Waals surface area contributed by atoms with E-state index < -0.39 is 5.41 Å². The quantitative estimate of drug-likeness (QED) is 0.681. The van der Waals surface area contributed by atoms with Crippen LogP contribution in [-0.2, 0) is 4.79 Å². The predicted octanol–water partition coefficient (Wildman–Crippen LogP) is 3.27. The van der Waals surface area contributed by atoms with E-state index in [1.807, 2.05) is 27.1 Å². The van der Waals surface area contributed by atoms with Gasteiger partial charge in [-0.1, -0.05) is 12.8 Å². The number of fused-ring (bicyclic) bond motifs is 1. The van der Waals surface area contributed by atoms with Crippen LogP contribution in [0.25, 0.3) is 0 Å². The SMILES string of the molecule is CN1C(=O)C(C)(C)CN(C2CCCC2)c2nc(NCCC3CCN(CC#N)CC3)ncc21. The number of anilines is 3. The molecule has 0 spiro atoms. The summed E-state index contributed by atoms with van der Waals surface area (Å²) in [5.74, 6) is 2.33. The summed E-state index contributed by atoms with van der Waals surface area (Å²) in [7, 11) is 1.84. The third-order valence-corrected chi connectivity index (χ3v) is 7.44. The average molecular weight is 440 g/mol. The predicted molar refractivity (Wildman–Crippen MR) is 127 cm³/mol. The molecular weight excluding hydrogens is 402 g/mol. The Morgan fingerprint density at radius 2 is 1.94 bits per heavy atom. The number of carbonyl (C=O) groups is 1. The van der Waals surface area contributed by atoms with Gasteiger partial charge in [0.1, 0.15) is 5.69 Å². The van der Waals surface area contributed by atoms with Crippen molar-refractivity contribution >= 4 is 23.4 Å². The zero-order chi connectivity index (χ0) is 22.7. The maximum absolute atomic E-state index is 13.1. The summed E-state index contributed by atoms with van der Waals surface area (Å²) in [5.41, 5.74) is 0.342. The minimum absolute atomic E-state index is 0.117. The van der Waals surface area contributed by atoms with E-state index in [0.717, 1.165) is 63.2 Å². The van der Waals surface area contributed by atoms with Crippen molar-refractivity contribution in [1.29, 1.82) is 5.26 Å². The van der Waals surface area contributed by atoms with Crippen molar-refractivity contribution in [2.24, 2.45) is 11.3 Å². The largest absolute Gasteiger partial charge is 0.354 e. The van der Waals surface area contributed by atoms with Crippen LogP contribution in [-0.4, -0.2) is 66.6 Å². The van der Waals surface area contributed by atoms with Gasteiger partial charge in [0.2, 0.25) is 11.9 Å². The van der Waals surface area contributed by atoms with Gasteiger partial charge in [0.05, 0.1) is 24.2 Å². The van der Waals surface area contributed by atoms with Crippen LogP contribution in [0, 0.1) is 22.7 Å². The second-order valence-corrected chi connectivity index (χ2v) is 10.3. The van der Waals surface area contributed by atoms with Crippen LogP contribution >= 0.6 is 0 Å². The first-order valence-electron chi connectivity index (χ1n) is 12.1. The number of nitriles is 1. The van der Waals surface area contributed by atoms with E-state index in [4.69, 9.17) is 10.2 Å². The van der Waals surface area contributed by atoms with Crippen molar-refractivity contribution in [3.63, 3.8) is 0 Å². The number of aromatic nitrogens is 2. The molecule has 1 saturated carbocycles. The number of rotatable bonds is 6. The highest BCUT2D eigenvalue weighted by Gasteiger charge is 2.41. The van der Waals surface area contributed by atoms with Crippen molar-refractivity contribution in [2.75, 3.05) is 54.9 Å². The van der Waals surface area contributed by atoms with Crippen molar-refractivity contribution in [3.05, 3.63) is 6.20 Å². The van der Waals surface area contributed by atoms with E-state index in [2.05, 4.69) is 26.2 Å². The van der Waals surface area contributed by atoms with E-state index in [0.29, 0.717) is 31.0 Å². The second-order valence-electron chi connectivity index (χ2n) is 10.3. The van der Waals surface area contributed by atoms with Crippen molar-refractivity contribution < 1.29 is 4.79 Å². The lowest BCUT2D eigenvalue weighted by Gasteiger charge is -2.34. The molecule has 3 aliphatic rings. The van der Waals surface area contributed by atoms with Gasteiger partial charge in [-0.05, 0) is 65.0 Å². The third-order valence-electron chi connectivity index (χ3n) is 7.44. The van der Waals surface area contributed by atoms with Crippen LogP contribution in [0.1, 0.15) is 58.8 Å². The molecule has 2 aliphatic heterocycles. The Morgan fingerprint density at radius 1 is 1.22 bits per heavy atom. The lowest BCUT2D eigenvalue weighted by Crippen LogP contribution is -2.45. The van der Waals surface area contributed by atoms with E-state index >= 15 is 0 Å². The van der Waals surface area contributed by atoms with Crippen molar-refractivity contribution in [1.82, 2.24) is 14.9 Å². The maximum Gasteiger partial charge on any atom is 0.234 e. The molecule has 3 heterocycles. The van der Waals surface area contributed by atoms with Gasteiger partial charge in [0.15, 0.2) is 5.82 Å². The fourth-order valence-corrected chi connectivity index (χ4v) is 5.47. The number of piperidine rings is 1. The standard InChI is InChI=1S/C24H37N7O/c1-24(2)17-31(19-6-4-5-7-19)21-20(29(3)22(24)32)16-27-23(28-21)26-12-8-18-9-13-30(14-10-18)15-11-25/h16,18-19H,4-10,12-15,17H2,1-3H3,(H,26,27,28). The van der Waals surface area contributed by atoms with Gasteiger partial charge >= 0.3 is 0 Å². The molecule has 8 heteroatoms. The number of hydrogen-bond donors (Lipinski definition) is 1. The third kappa shape index (κ3) is 4.83. The molecule has 0 radical (unpaired) electrons. The minimum atomic E-state index is -0.466. The second kappa shape index (κ2) is 9.62. The Bertz CT molecular complexity index is 850. The Labute approximate surface area is 192 Å². The number of carbonyl (C=O) groups excluding carboxylic acids is 1. The average Bonchev–Trinajstić information content (AvgIpc) is 3.30. The van der Waals surface area contributed by atoms with Crippen LogP contribution in [0.2, 0.25) is 0 Å². The first kappa shape index (κ1) is 22.8. The molecule has 174 valence electrons. The molecule has 2 fully saturated rings. The normalized spacial score (nSPS) is 22.5. The highest BCUT2D eigenvalue weighted by atomic mass is 16.2. The molecule has 1 saturated heterocycles. The number of amides is 1. The maximum atomic E-state index is 13.1. The Kier molecular flexibility index (Phi) is 6.85. The molecule has 8 nitrogen and oxygen atoms in total. The molecule has 0 aromatic carbocycles. The highest BCUT2D eigenvalue weighted by molar-refractivity contribution is 6.00. The fraction of sp³-hybridized carbons (Fsp3) is 0.750. The summed E-state index contributed by atoms with van der Waals surface area (Å²) >= 11 is 0. The summed E-state index contributed by atoms with van der Waals surface area (Å²) in [6.07, 6.45) is 9.98. The van der Waals surface area contributed by atoms with Crippen LogP contribution in [0.4, 0.5) is 17.5 Å². The molecule has 1 aromatic rings. The summed E-state index contributed by atoms with van der Waals surface area (Å²) in [4.78, 5) is 28.9. The Morgan fingerprint density at radius 3 is 2.62 bits per heavy atom. The van der Waals surface area contributed by atoms with Crippen molar-refractivity contribution in [2.45, 2.75) is 64.8 Å². The zero-order valence-electron chi connectivity index (χ0n) is 19.8. The van der Waals surface area contributed by atoms with Crippen LogP contribution < -0.4 is 15.1 Å². The smallest absolute Gasteiger partial charge is 0.234 e. The van der Waals surface area contributed by atoms with E-state index in [-0.39, 0.29) is 5.91 Å². The number of nitrogens with one attached hydrogen (secondary N) is 1. The summed E-state index contributed by atoms with van der Waals surface area (Å²) in [6.45, 7) is 8.17. The number of likely N-dealkylation sites (tertiary alicyclic amines) is 1. The van der Waals surface area contributed by atoms with Gasteiger partial charge in [-0.2, -0.15) is 10.2 Å². The van der Waals surface area contributed by atoms with Gasteiger partial charge in [-0.15, -0.1) is 0 Å². The molecule has 0 unspecified atom stereocenters. The molecule has 0 bridgehead atoms. The molecule has 1 aliphatic carbocycles. The number of nitrogens with zero attached hydrogens (tertiary/aromatic N) is 6. The fourth-order valence-electron chi connectivity index (χ4n) is 5.47. The molecule has 0 atom stereocenters. The molecule has 1 N–H and O–H groups in total. The lowest BCUT2D eigenvalue weighted by atomic mass is 9.91. The van der Waals surface area contributed by atoms with Crippen LogP contribution in [0.15, 0.2) is 6.20 Å². The van der Waals surface area contributed by atoms with Crippen LogP contribution in [0.5, 0.6) is 0 Å². The van der Waals surface area contributed by atoms with E-state index in [9.17, 15) is 4.79 Å². The Balaban J connectivity index is 1.45. The number of hydrogen-bond acceptors (Lipinski definition) is 7. The first-order valence-corrected chi connectivity index (χ1v) is 12.1. The van der Waals surface area contributed by atoms with E-state index in [1.54, 1.807) is 4.90 Å².